The van der Waals surface area contributed by atoms with Crippen LogP contribution in [0.15, 0.2) is 62.3 Å². The molecule has 0 aliphatic heterocycles. The number of allylic oxidation sites excluding steroid dienone is 2. The Kier molecular flexibility index (Phi) is 14.0. The molecule has 0 fully saturated rings. The fourth-order valence-corrected chi connectivity index (χ4v) is 0.998. The molecule has 0 aromatic heterocycles. The van der Waals surface area contributed by atoms with Crippen molar-refractivity contribution in [3.63, 3.8) is 0 Å². The lowest BCUT2D eigenvalue weighted by molar-refractivity contribution is -0.138. The molecule has 0 bridgehead atoms. The van der Waals surface area contributed by atoms with Crippen molar-refractivity contribution < 1.29 is 19.4 Å². The molecule has 0 amide bonds. The average molecular weight is 292 g/mol. The number of carboxylic acid groups (broad SMARTS) is 1. The SMILES string of the molecule is C=CCCC(=C)C(=O)O.C=CCCC(=C)C(=O)OCC=C. The first-order valence-corrected chi connectivity index (χ1v) is 6.49. The van der Waals surface area contributed by atoms with Gasteiger partial charge in [-0.15, -0.1) is 13.2 Å². The molecule has 0 aromatic carbocycles. The van der Waals surface area contributed by atoms with Crippen molar-refractivity contribution in [3.8, 4) is 0 Å². The van der Waals surface area contributed by atoms with E-state index in [2.05, 4.69) is 32.9 Å². The van der Waals surface area contributed by atoms with E-state index >= 15 is 0 Å². The molecule has 0 heterocycles. The van der Waals surface area contributed by atoms with Gasteiger partial charge in [-0.25, -0.2) is 9.59 Å². The minimum Gasteiger partial charge on any atom is -0.478 e. The fraction of sp³-hybridized carbons (Fsp3) is 0.294. The van der Waals surface area contributed by atoms with Crippen LogP contribution in [0.4, 0.5) is 0 Å². The molecule has 116 valence electrons. The van der Waals surface area contributed by atoms with Gasteiger partial charge in [-0.2, -0.15) is 0 Å². The summed E-state index contributed by atoms with van der Waals surface area (Å²) in [6, 6.07) is 0. The lowest BCUT2D eigenvalue weighted by atomic mass is 10.2. The van der Waals surface area contributed by atoms with Crippen LogP contribution in [0.3, 0.4) is 0 Å². The Labute approximate surface area is 126 Å². The molecule has 0 spiro atoms. The predicted molar refractivity (Wildman–Crippen MR) is 85.9 cm³/mol. The summed E-state index contributed by atoms with van der Waals surface area (Å²) in [6.07, 6.45) is 7.49. The van der Waals surface area contributed by atoms with E-state index in [0.29, 0.717) is 24.8 Å². The first-order valence-electron chi connectivity index (χ1n) is 6.49. The molecule has 0 radical (unpaired) electrons. The first kappa shape index (κ1) is 20.9. The van der Waals surface area contributed by atoms with E-state index in [9.17, 15) is 9.59 Å². The van der Waals surface area contributed by atoms with Crippen molar-refractivity contribution in [2.45, 2.75) is 25.7 Å². The summed E-state index contributed by atoms with van der Waals surface area (Å²) in [7, 11) is 0. The average Bonchev–Trinajstić information content (AvgIpc) is 2.48. The van der Waals surface area contributed by atoms with E-state index in [1.165, 1.54) is 6.08 Å². The Hall–Kier alpha value is -2.36. The molecule has 4 heteroatoms. The lowest BCUT2D eigenvalue weighted by Crippen LogP contribution is -2.06. The minimum absolute atomic E-state index is 0.242. The zero-order valence-corrected chi connectivity index (χ0v) is 12.5. The summed E-state index contributed by atoms with van der Waals surface area (Å²) in [5.41, 5.74) is 0.728. The number of rotatable bonds is 10. The Morgan fingerprint density at radius 2 is 1.38 bits per heavy atom. The van der Waals surface area contributed by atoms with Gasteiger partial charge in [0.25, 0.3) is 0 Å². The topological polar surface area (TPSA) is 63.6 Å². The zero-order chi connectivity index (χ0) is 16.7. The van der Waals surface area contributed by atoms with Gasteiger partial charge in [-0.05, 0) is 25.7 Å². The van der Waals surface area contributed by atoms with Crippen molar-refractivity contribution >= 4 is 11.9 Å². The van der Waals surface area contributed by atoms with E-state index in [4.69, 9.17) is 9.84 Å². The van der Waals surface area contributed by atoms with Crippen LogP contribution in [-0.2, 0) is 14.3 Å². The maximum Gasteiger partial charge on any atom is 0.333 e. The predicted octanol–water partition coefficient (Wildman–Crippen LogP) is 3.83. The summed E-state index contributed by atoms with van der Waals surface area (Å²) in [4.78, 5) is 21.1. The molecule has 0 unspecified atom stereocenters. The summed E-state index contributed by atoms with van der Waals surface area (Å²) >= 11 is 0. The van der Waals surface area contributed by atoms with Crippen molar-refractivity contribution in [2.75, 3.05) is 6.61 Å². The summed E-state index contributed by atoms with van der Waals surface area (Å²) in [6.45, 7) is 17.6. The highest BCUT2D eigenvalue weighted by Gasteiger charge is 2.05. The van der Waals surface area contributed by atoms with E-state index in [0.717, 1.165) is 6.42 Å². The molecule has 0 saturated carbocycles. The smallest absolute Gasteiger partial charge is 0.333 e. The second kappa shape index (κ2) is 14.1. The van der Waals surface area contributed by atoms with Gasteiger partial charge in [0.15, 0.2) is 0 Å². The Balaban J connectivity index is 0. The molecule has 1 N–H and O–H groups in total. The monoisotopic (exact) mass is 292 g/mol. The molecule has 0 rings (SSSR count). The quantitative estimate of drug-likeness (QED) is 0.377. The number of esters is 1. The van der Waals surface area contributed by atoms with Gasteiger partial charge in [0.1, 0.15) is 6.61 Å². The Morgan fingerprint density at radius 1 is 0.905 bits per heavy atom. The summed E-state index contributed by atoms with van der Waals surface area (Å²) in [5.74, 6) is -1.27. The molecule has 21 heavy (non-hydrogen) atoms. The first-order chi connectivity index (χ1) is 9.90. The van der Waals surface area contributed by atoms with Crippen LogP contribution in [0.5, 0.6) is 0 Å². The number of carbonyl (C=O) groups is 2. The maximum absolute atomic E-state index is 11.0. The second-order valence-corrected chi connectivity index (χ2v) is 4.05. The second-order valence-electron chi connectivity index (χ2n) is 4.05. The third-order valence-corrected chi connectivity index (χ3v) is 2.22. The third kappa shape index (κ3) is 13.9. The molecule has 0 aliphatic carbocycles. The third-order valence-electron chi connectivity index (χ3n) is 2.22. The van der Waals surface area contributed by atoms with Crippen LogP contribution in [0, 0.1) is 0 Å². The van der Waals surface area contributed by atoms with Crippen molar-refractivity contribution in [3.05, 3.63) is 62.3 Å². The number of aliphatic carboxylic acids is 1. The van der Waals surface area contributed by atoms with Crippen LogP contribution < -0.4 is 0 Å². The van der Waals surface area contributed by atoms with Gasteiger partial charge >= 0.3 is 11.9 Å². The van der Waals surface area contributed by atoms with Gasteiger partial charge in [0.2, 0.25) is 0 Å². The van der Waals surface area contributed by atoms with Crippen molar-refractivity contribution in [1.82, 2.24) is 0 Å². The molecule has 0 atom stereocenters. The summed E-state index contributed by atoms with van der Waals surface area (Å²) < 4.78 is 4.76. The zero-order valence-electron chi connectivity index (χ0n) is 12.5. The number of hydrogen-bond acceptors (Lipinski definition) is 3. The van der Waals surface area contributed by atoms with E-state index in [1.807, 2.05) is 0 Å². The van der Waals surface area contributed by atoms with Gasteiger partial charge in [0, 0.05) is 11.1 Å². The fourth-order valence-electron chi connectivity index (χ4n) is 0.998. The molecule has 0 saturated heterocycles. The molecule has 0 aromatic rings. The minimum atomic E-state index is -0.920. The number of hydrogen-bond donors (Lipinski definition) is 1. The van der Waals surface area contributed by atoms with E-state index in [1.54, 1.807) is 12.2 Å². The van der Waals surface area contributed by atoms with Gasteiger partial charge < -0.3 is 9.84 Å². The number of ether oxygens (including phenoxy) is 1. The van der Waals surface area contributed by atoms with E-state index in [-0.39, 0.29) is 18.1 Å². The van der Waals surface area contributed by atoms with Crippen LogP contribution in [0.25, 0.3) is 0 Å². The normalized spacial score (nSPS) is 8.57. The summed E-state index contributed by atoms with van der Waals surface area (Å²) in [5, 5.41) is 8.27. The van der Waals surface area contributed by atoms with Crippen molar-refractivity contribution in [2.24, 2.45) is 0 Å². The largest absolute Gasteiger partial charge is 0.478 e. The molecule has 0 aliphatic rings. The van der Waals surface area contributed by atoms with Crippen LogP contribution in [-0.4, -0.2) is 23.7 Å². The molecular weight excluding hydrogens is 268 g/mol. The van der Waals surface area contributed by atoms with E-state index < -0.39 is 5.97 Å². The highest BCUT2D eigenvalue weighted by Crippen LogP contribution is 2.04. The van der Waals surface area contributed by atoms with Gasteiger partial charge in [-0.3, -0.25) is 0 Å². The standard InChI is InChI=1S/C10H14O2.C7H10O2/c1-4-6-7-9(3)10(11)12-8-5-2;1-3-4-5-6(2)7(8)9/h4-5H,1-3,6-8H2;3H,1-2,4-5H2,(H,8,9). The molecular formula is C17H24O4. The van der Waals surface area contributed by atoms with Crippen molar-refractivity contribution in [1.29, 1.82) is 0 Å². The Morgan fingerprint density at radius 3 is 1.76 bits per heavy atom. The van der Waals surface area contributed by atoms with Crippen LogP contribution in [0.1, 0.15) is 25.7 Å². The lowest BCUT2D eigenvalue weighted by Gasteiger charge is -2.02. The highest BCUT2D eigenvalue weighted by molar-refractivity contribution is 5.87. The number of carbonyl (C=O) groups excluding carboxylic acids is 1. The van der Waals surface area contributed by atoms with Gasteiger partial charge in [-0.1, -0.05) is 38.0 Å². The Bertz CT molecular complexity index is 383. The van der Waals surface area contributed by atoms with Crippen LogP contribution in [0.2, 0.25) is 0 Å². The highest BCUT2D eigenvalue weighted by atomic mass is 16.5. The van der Waals surface area contributed by atoms with Gasteiger partial charge in [0.05, 0.1) is 0 Å². The molecule has 4 nitrogen and oxygen atoms in total. The van der Waals surface area contributed by atoms with Crippen LogP contribution >= 0.6 is 0 Å². The number of carboxylic acids is 1. The maximum atomic E-state index is 11.0.